The normalized spacial score (nSPS) is 10.7. The van der Waals surface area contributed by atoms with E-state index in [-0.39, 0.29) is 32.8 Å². The Morgan fingerprint density at radius 2 is 0.909 bits per heavy atom. The summed E-state index contributed by atoms with van der Waals surface area (Å²) in [5.41, 5.74) is 2.64. The van der Waals surface area contributed by atoms with Crippen molar-refractivity contribution >= 4 is 43.3 Å². The molecule has 0 aliphatic rings. The third kappa shape index (κ3) is 9.40. The molecule has 6 nitrogen and oxygen atoms in total. The Morgan fingerprint density at radius 3 is 1.15 bits per heavy atom. The van der Waals surface area contributed by atoms with Crippen molar-refractivity contribution in [1.29, 1.82) is 0 Å². The fraction of sp³-hybridized carbons (Fsp3) is 0.167. The second-order valence-electron chi connectivity index (χ2n) is 6.67. The van der Waals surface area contributed by atoms with E-state index in [9.17, 15) is 25.9 Å². The number of hydrogen-bond donors (Lipinski definition) is 0. The average Bonchev–Trinajstić information content (AvgIpc) is 2.70. The quantitative estimate of drug-likeness (QED) is 0.280. The van der Waals surface area contributed by atoms with E-state index in [1.807, 2.05) is 0 Å². The zero-order valence-corrected chi connectivity index (χ0v) is 21.5. The van der Waals surface area contributed by atoms with Crippen LogP contribution in [-0.4, -0.2) is 49.0 Å². The van der Waals surface area contributed by atoms with Gasteiger partial charge in [-0.25, -0.2) is 16.8 Å². The van der Waals surface area contributed by atoms with Gasteiger partial charge in [0.25, 0.3) is 0 Å². The topological polar surface area (TPSA) is 114 Å². The third-order valence-corrected chi connectivity index (χ3v) is 6.27. The molecule has 0 saturated carbocycles. The van der Waals surface area contributed by atoms with Crippen molar-refractivity contribution in [2.75, 3.05) is 0 Å². The summed E-state index contributed by atoms with van der Waals surface area (Å²) < 4.78 is 66.4. The Hall–Kier alpha value is -2.01. The van der Waals surface area contributed by atoms with Gasteiger partial charge in [-0.1, -0.05) is 48.6 Å². The molecule has 0 amide bonds. The molecule has 0 atom stereocenters. The fourth-order valence-corrected chi connectivity index (χ4v) is 4.66. The first-order valence-electron chi connectivity index (χ1n) is 9.58. The van der Waals surface area contributed by atoms with Crippen molar-refractivity contribution in [2.24, 2.45) is 0 Å². The maximum Gasteiger partial charge on any atom is 2.00 e. The van der Waals surface area contributed by atoms with E-state index >= 15 is 0 Å². The summed E-state index contributed by atoms with van der Waals surface area (Å²) in [5.74, 6) is 0. The van der Waals surface area contributed by atoms with E-state index in [1.54, 1.807) is 48.6 Å². The maximum atomic E-state index is 11.1. The summed E-state index contributed by atoms with van der Waals surface area (Å²) >= 11 is 0. The van der Waals surface area contributed by atoms with Crippen LogP contribution in [0.25, 0.3) is 0 Å². The van der Waals surface area contributed by atoms with Crippen LogP contribution in [0.1, 0.15) is 22.3 Å². The summed E-state index contributed by atoms with van der Waals surface area (Å²) in [6.07, 6.45) is 8.29. The van der Waals surface area contributed by atoms with Gasteiger partial charge in [0.15, 0.2) is 0 Å². The molecule has 172 valence electrons. The van der Waals surface area contributed by atoms with Crippen LogP contribution in [0.5, 0.6) is 0 Å². The Labute approximate surface area is 213 Å². The molecule has 0 aliphatic heterocycles. The number of benzene rings is 2. The van der Waals surface area contributed by atoms with Crippen molar-refractivity contribution in [3.8, 4) is 0 Å². The van der Waals surface area contributed by atoms with E-state index < -0.39 is 20.2 Å². The van der Waals surface area contributed by atoms with Gasteiger partial charge in [-0.3, -0.25) is 0 Å². The van der Waals surface area contributed by atoms with Gasteiger partial charge in [0.2, 0.25) is 0 Å². The number of rotatable bonds is 10. The maximum absolute atomic E-state index is 11.1. The molecule has 0 spiro atoms. The van der Waals surface area contributed by atoms with Crippen LogP contribution in [0.4, 0.5) is 0 Å². The predicted octanol–water partition coefficient (Wildman–Crippen LogP) is 3.71. The summed E-state index contributed by atoms with van der Waals surface area (Å²) in [6.45, 7) is 14.3. The molecule has 0 N–H and O–H groups in total. The van der Waals surface area contributed by atoms with Crippen LogP contribution in [0, 0.1) is 0 Å². The van der Waals surface area contributed by atoms with E-state index in [1.165, 1.54) is 12.1 Å². The van der Waals surface area contributed by atoms with E-state index in [0.717, 1.165) is 11.1 Å². The molecule has 2 rings (SSSR count). The molecule has 2 aromatic rings. The fourth-order valence-electron chi connectivity index (χ4n) is 3.14. The SMILES string of the molecule is C=CCc1cccc(S(=O)(=O)[O-])c1CC=C.C=CCc1cccc(S(=O)(=O)[O-])c1CC=C.[Mg+2]. The van der Waals surface area contributed by atoms with Crippen molar-refractivity contribution in [3.05, 3.63) is 109 Å². The van der Waals surface area contributed by atoms with Crippen molar-refractivity contribution in [2.45, 2.75) is 35.5 Å². The molecule has 0 aromatic heterocycles. The second kappa shape index (κ2) is 14.3. The minimum absolute atomic E-state index is 0. The molecule has 33 heavy (non-hydrogen) atoms. The van der Waals surface area contributed by atoms with Gasteiger partial charge in [0, 0.05) is 0 Å². The summed E-state index contributed by atoms with van der Waals surface area (Å²) in [5, 5.41) is 0. The van der Waals surface area contributed by atoms with Crippen LogP contribution in [0.2, 0.25) is 0 Å². The molecule has 0 radical (unpaired) electrons. The molecular formula is C24H26MgO6S2. The van der Waals surface area contributed by atoms with E-state index in [0.29, 0.717) is 36.8 Å². The predicted molar refractivity (Wildman–Crippen MR) is 130 cm³/mol. The summed E-state index contributed by atoms with van der Waals surface area (Å²) in [4.78, 5) is -0.321. The molecule has 0 aliphatic carbocycles. The standard InChI is InChI=1S/2C12H14O3S.Mg/c2*1-3-6-10-8-5-9-12(16(13,14)15)11(10)7-4-2;/h2*3-5,8-9H,1-2,6-7H2,(H,13,14,15);/q;;+2/p-2. The first kappa shape index (κ1) is 31.0. The number of hydrogen-bond acceptors (Lipinski definition) is 6. The molecular weight excluding hydrogens is 473 g/mol. The van der Waals surface area contributed by atoms with Gasteiger partial charge >= 0.3 is 23.1 Å². The Morgan fingerprint density at radius 1 is 0.606 bits per heavy atom. The smallest absolute Gasteiger partial charge is 0.744 e. The molecule has 0 saturated heterocycles. The Bertz CT molecular complexity index is 1100. The van der Waals surface area contributed by atoms with Crippen molar-refractivity contribution in [1.82, 2.24) is 0 Å². The van der Waals surface area contributed by atoms with Crippen LogP contribution in [-0.2, 0) is 45.9 Å². The molecule has 0 fully saturated rings. The molecule has 2 aromatic carbocycles. The monoisotopic (exact) mass is 498 g/mol. The summed E-state index contributed by atoms with van der Waals surface area (Å²) in [6, 6.07) is 9.36. The molecule has 0 heterocycles. The summed E-state index contributed by atoms with van der Waals surface area (Å²) in [7, 11) is -8.86. The Balaban J connectivity index is 0.000000602. The minimum Gasteiger partial charge on any atom is -0.744 e. The van der Waals surface area contributed by atoms with Crippen molar-refractivity contribution < 1.29 is 25.9 Å². The largest absolute Gasteiger partial charge is 2.00 e. The first-order valence-corrected chi connectivity index (χ1v) is 12.4. The van der Waals surface area contributed by atoms with Gasteiger partial charge < -0.3 is 9.11 Å². The van der Waals surface area contributed by atoms with Gasteiger partial charge in [-0.2, -0.15) is 0 Å². The van der Waals surface area contributed by atoms with Crippen LogP contribution in [0.3, 0.4) is 0 Å². The van der Waals surface area contributed by atoms with E-state index in [2.05, 4.69) is 26.3 Å². The Kier molecular flexibility index (Phi) is 13.4. The van der Waals surface area contributed by atoms with Crippen LogP contribution in [0.15, 0.2) is 96.8 Å². The van der Waals surface area contributed by atoms with Crippen LogP contribution < -0.4 is 0 Å². The zero-order valence-electron chi connectivity index (χ0n) is 18.4. The number of allylic oxidation sites excluding steroid dienone is 4. The average molecular weight is 499 g/mol. The van der Waals surface area contributed by atoms with Crippen molar-refractivity contribution in [3.63, 3.8) is 0 Å². The molecule has 0 unspecified atom stereocenters. The third-order valence-electron chi connectivity index (χ3n) is 4.42. The minimum atomic E-state index is -4.43. The second-order valence-corrected chi connectivity index (χ2v) is 9.36. The van der Waals surface area contributed by atoms with Crippen LogP contribution >= 0.6 is 0 Å². The first-order chi connectivity index (χ1) is 15.0. The van der Waals surface area contributed by atoms with Gasteiger partial charge in [0.1, 0.15) is 20.2 Å². The zero-order chi connectivity index (χ0) is 24.4. The van der Waals surface area contributed by atoms with Gasteiger partial charge in [-0.05, 0) is 60.1 Å². The van der Waals surface area contributed by atoms with E-state index in [4.69, 9.17) is 0 Å². The van der Waals surface area contributed by atoms with Gasteiger partial charge in [0.05, 0.1) is 9.79 Å². The molecule has 0 bridgehead atoms. The molecule has 9 heteroatoms. The van der Waals surface area contributed by atoms with Gasteiger partial charge in [-0.15, -0.1) is 26.3 Å².